The predicted octanol–water partition coefficient (Wildman–Crippen LogP) is 0.985. The molecule has 3 saturated heterocycles. The van der Waals surface area contributed by atoms with Crippen LogP contribution in [0.5, 0.6) is 0 Å². The van der Waals surface area contributed by atoms with E-state index in [1.54, 1.807) is 12.2 Å². The molecule has 2 radical (unpaired) electrons. The van der Waals surface area contributed by atoms with Crippen LogP contribution in [0.2, 0.25) is 0 Å². The van der Waals surface area contributed by atoms with Gasteiger partial charge in [0, 0.05) is 127 Å². The molecule has 11 nitrogen and oxygen atoms in total. The molecule has 3 heterocycles. The maximum absolute atomic E-state index is 11.5. The number of carbonyl (C=O) groups is 3. The number of nitrogens with zero attached hydrogens (tertiary/aromatic N) is 1. The van der Waals surface area contributed by atoms with E-state index in [1.165, 1.54) is 6.42 Å². The molecule has 202 valence electrons. The molecule has 2 amide bonds. The minimum absolute atomic E-state index is 0. The minimum Gasteiger partial charge on any atom is -0.429 e. The fraction of sp³-hybridized carbons (Fsp3) is 0.792. The summed E-state index contributed by atoms with van der Waals surface area (Å²) in [5.74, 6) is 0.106. The van der Waals surface area contributed by atoms with Crippen LogP contribution in [-0.4, -0.2) is 88.2 Å². The molecule has 6 rings (SSSR count). The number of hydroxylamine groups is 2. The van der Waals surface area contributed by atoms with E-state index >= 15 is 0 Å². The molecule has 8 atom stereocenters. The Morgan fingerprint density at radius 2 is 1.35 bits per heavy atom. The SMILES string of the molecule is O=C(O[C@H]1C[C@H]2CCO[C@H]2C1)ON1C(=O)CCC1=O.O[C@@H]1C=C[C@H](O)C1.O[C@H]1C[C@H]2CCO[C@H]2C1.[Ac].[Ac]. The molecule has 3 aliphatic carbocycles. The summed E-state index contributed by atoms with van der Waals surface area (Å²) in [5, 5.41) is 27.0. The first-order valence-corrected chi connectivity index (χ1v) is 12.5. The summed E-state index contributed by atoms with van der Waals surface area (Å²) in [4.78, 5) is 38.7. The Bertz CT molecular complexity index is 764. The maximum atomic E-state index is 11.5. The summed E-state index contributed by atoms with van der Waals surface area (Å²) in [6.45, 7) is 1.69. The molecule has 0 bridgehead atoms. The van der Waals surface area contributed by atoms with Crippen molar-refractivity contribution in [2.45, 2.75) is 94.4 Å². The third kappa shape index (κ3) is 10.0. The molecule has 13 heteroatoms. The van der Waals surface area contributed by atoms with E-state index in [-0.39, 0.29) is 119 Å². The van der Waals surface area contributed by atoms with Crippen LogP contribution in [0.3, 0.4) is 0 Å². The van der Waals surface area contributed by atoms with Crippen molar-refractivity contribution in [2.24, 2.45) is 11.8 Å². The van der Waals surface area contributed by atoms with Gasteiger partial charge in [-0.1, -0.05) is 17.2 Å². The van der Waals surface area contributed by atoms with Crippen molar-refractivity contribution in [2.75, 3.05) is 13.2 Å². The first kappa shape index (κ1) is 34.0. The van der Waals surface area contributed by atoms with E-state index < -0.39 is 30.2 Å². The first-order chi connectivity index (χ1) is 16.8. The van der Waals surface area contributed by atoms with Crippen LogP contribution in [0.15, 0.2) is 12.2 Å². The van der Waals surface area contributed by atoms with Crippen LogP contribution in [0, 0.1) is 100.0 Å². The molecule has 3 aliphatic heterocycles. The number of hydrogen-bond donors (Lipinski definition) is 3. The van der Waals surface area contributed by atoms with Crippen molar-refractivity contribution in [1.82, 2.24) is 5.06 Å². The van der Waals surface area contributed by atoms with Crippen LogP contribution in [0.25, 0.3) is 0 Å². The molecule has 5 fully saturated rings. The van der Waals surface area contributed by atoms with Gasteiger partial charge in [-0.3, -0.25) is 14.4 Å². The molecule has 3 N–H and O–H groups in total. The van der Waals surface area contributed by atoms with Crippen LogP contribution in [0.1, 0.15) is 57.8 Å². The predicted molar refractivity (Wildman–Crippen MR) is 118 cm³/mol. The standard InChI is InChI=1S/C12H15NO6.C7H12O2.C5H8O2.2Ac/c14-10-1-2-11(15)13(10)19-12(16)18-8-5-7-3-4-17-9(7)6-8;8-6-3-5-1-2-9-7(5)4-6;6-4-1-2-5(7)3-4;;/h7-9H,1-6H2;5-8H,1-4H2;1-2,4-7H,3H2;;/t7-,8+,9+;5-,6+,7+;4-,5+;;/m11.../s1. The van der Waals surface area contributed by atoms with Gasteiger partial charge in [-0.15, -0.1) is 0 Å². The summed E-state index contributed by atoms with van der Waals surface area (Å²) in [6, 6.07) is 0. The number of hydrogen-bond acceptors (Lipinski definition) is 10. The van der Waals surface area contributed by atoms with Gasteiger partial charge in [-0.2, -0.15) is 0 Å². The van der Waals surface area contributed by atoms with E-state index in [2.05, 4.69) is 4.84 Å². The number of imide groups is 1. The largest absolute Gasteiger partial charge is 0.534 e. The van der Waals surface area contributed by atoms with Gasteiger partial charge in [0.05, 0.1) is 30.5 Å². The van der Waals surface area contributed by atoms with Crippen molar-refractivity contribution in [3.05, 3.63) is 12.2 Å². The smallest absolute Gasteiger partial charge is 0.429 e. The molecule has 0 aromatic carbocycles. The van der Waals surface area contributed by atoms with Gasteiger partial charge in [0.25, 0.3) is 11.8 Å². The fourth-order valence-corrected chi connectivity index (χ4v) is 5.50. The molecule has 0 unspecified atom stereocenters. The van der Waals surface area contributed by atoms with Gasteiger partial charge < -0.3 is 29.5 Å². The number of aliphatic hydroxyl groups excluding tert-OH is 3. The number of rotatable bonds is 2. The molecule has 6 aliphatic rings. The summed E-state index contributed by atoms with van der Waals surface area (Å²) in [7, 11) is 0. The Kier molecular flexibility index (Phi) is 15.0. The zero-order valence-corrected chi connectivity index (χ0v) is 30.3. The van der Waals surface area contributed by atoms with E-state index in [1.807, 2.05) is 0 Å². The van der Waals surface area contributed by atoms with Gasteiger partial charge in [0.1, 0.15) is 6.10 Å². The van der Waals surface area contributed by atoms with Crippen LogP contribution >= 0.6 is 0 Å². The molecule has 37 heavy (non-hydrogen) atoms. The molecule has 0 spiro atoms. The quantitative estimate of drug-likeness (QED) is 0.208. The Labute approximate surface area is 288 Å². The fourth-order valence-electron chi connectivity index (χ4n) is 5.50. The van der Waals surface area contributed by atoms with Gasteiger partial charge >= 0.3 is 6.16 Å². The maximum Gasteiger partial charge on any atom is 0.534 e. The number of fused-ring (bicyclic) bond motifs is 2. The summed E-state index contributed by atoms with van der Waals surface area (Å²) in [5.41, 5.74) is 0. The molecular weight excluding hydrogens is 916 g/mol. The van der Waals surface area contributed by atoms with Crippen molar-refractivity contribution in [1.29, 1.82) is 0 Å². The Morgan fingerprint density at radius 3 is 1.84 bits per heavy atom. The van der Waals surface area contributed by atoms with Crippen LogP contribution in [0.4, 0.5) is 4.79 Å². The topological polar surface area (TPSA) is 152 Å². The van der Waals surface area contributed by atoms with Gasteiger partial charge in [-0.25, -0.2) is 4.79 Å². The number of aliphatic hydroxyl groups is 3. The zero-order valence-electron chi connectivity index (χ0n) is 20.9. The third-order valence-electron chi connectivity index (χ3n) is 7.31. The second kappa shape index (κ2) is 16.3. The van der Waals surface area contributed by atoms with Gasteiger partial charge in [-0.05, 0) is 43.9 Å². The number of carbonyl (C=O) groups excluding carboxylic acids is 3. The van der Waals surface area contributed by atoms with Crippen molar-refractivity contribution >= 4 is 18.0 Å². The average molecular weight is 952 g/mol. The van der Waals surface area contributed by atoms with Crippen molar-refractivity contribution in [3.63, 3.8) is 0 Å². The number of amides is 2. The van der Waals surface area contributed by atoms with Crippen molar-refractivity contribution < 1.29 is 137 Å². The summed E-state index contributed by atoms with van der Waals surface area (Å²) in [6.07, 6.45) is 7.68. The molecule has 0 aromatic heterocycles. The number of ether oxygens (including phenoxy) is 3. The third-order valence-corrected chi connectivity index (χ3v) is 7.31. The molecular formula is C24H35Ac2NO10. The second-order valence-electron chi connectivity index (χ2n) is 9.93. The van der Waals surface area contributed by atoms with Gasteiger partial charge in [0.2, 0.25) is 0 Å². The van der Waals surface area contributed by atoms with Crippen LogP contribution in [-0.2, 0) is 28.6 Å². The Morgan fingerprint density at radius 1 is 0.811 bits per heavy atom. The van der Waals surface area contributed by atoms with E-state index in [4.69, 9.17) is 29.5 Å². The van der Waals surface area contributed by atoms with Crippen molar-refractivity contribution in [3.8, 4) is 0 Å². The molecule has 0 aromatic rings. The second-order valence-corrected chi connectivity index (χ2v) is 9.93. The Balaban J connectivity index is 0.000000223. The van der Waals surface area contributed by atoms with Crippen LogP contribution < -0.4 is 0 Å². The average Bonchev–Trinajstić information content (AvgIpc) is 3.61. The minimum atomic E-state index is -0.992. The van der Waals surface area contributed by atoms with E-state index in [0.717, 1.165) is 38.9 Å². The van der Waals surface area contributed by atoms with E-state index in [9.17, 15) is 14.4 Å². The Hall–Kier alpha value is 0.833. The summed E-state index contributed by atoms with van der Waals surface area (Å²) >= 11 is 0. The monoisotopic (exact) mass is 951 g/mol. The first-order valence-electron chi connectivity index (χ1n) is 12.5. The van der Waals surface area contributed by atoms with E-state index in [0.29, 0.717) is 35.8 Å². The molecule has 2 saturated carbocycles. The summed E-state index contributed by atoms with van der Waals surface area (Å²) < 4.78 is 16.0. The van der Waals surface area contributed by atoms with Gasteiger partial charge in [0.15, 0.2) is 0 Å². The normalized spacial score (nSPS) is 36.9. The zero-order chi connectivity index (χ0) is 24.9.